The summed E-state index contributed by atoms with van der Waals surface area (Å²) in [5, 5.41) is 15.3. The van der Waals surface area contributed by atoms with E-state index in [1.54, 1.807) is 12.1 Å². The van der Waals surface area contributed by atoms with E-state index < -0.39 is 27.4 Å². The van der Waals surface area contributed by atoms with E-state index in [-0.39, 0.29) is 27.7 Å². The first-order valence-corrected chi connectivity index (χ1v) is 12.3. The number of amides is 1. The van der Waals surface area contributed by atoms with Crippen LogP contribution in [0.4, 0.5) is 5.69 Å². The molecule has 0 saturated carbocycles. The molecule has 0 spiro atoms. The van der Waals surface area contributed by atoms with Gasteiger partial charge >= 0.3 is 0 Å². The molecule has 0 unspecified atom stereocenters. The first-order valence-electron chi connectivity index (χ1n) is 10.1. The minimum atomic E-state index is -4.06. The van der Waals surface area contributed by atoms with Crippen molar-refractivity contribution in [2.45, 2.75) is 18.4 Å². The van der Waals surface area contributed by atoms with Gasteiger partial charge in [0.25, 0.3) is 11.6 Å². The van der Waals surface area contributed by atoms with Crippen LogP contribution in [0.1, 0.15) is 16.7 Å². The Morgan fingerprint density at radius 1 is 1.11 bits per heavy atom. The van der Waals surface area contributed by atoms with E-state index >= 15 is 0 Å². The molecule has 0 aliphatic rings. The van der Waals surface area contributed by atoms with E-state index in [9.17, 15) is 23.3 Å². The van der Waals surface area contributed by atoms with Crippen LogP contribution in [-0.4, -0.2) is 36.3 Å². The molecule has 0 bridgehead atoms. The monoisotopic (exact) mass is 534 g/mol. The number of aryl methyl sites for hydroxylation is 1. The SMILES string of the molecule is Cc1ccccc1CN(CC(=O)N/N=C\c1cc([N+](=O)[O-])ccc1Cl)S(=O)(=O)c1ccc(Cl)cc1. The highest BCUT2D eigenvalue weighted by molar-refractivity contribution is 7.89. The van der Waals surface area contributed by atoms with Crippen LogP contribution in [-0.2, 0) is 21.4 Å². The highest BCUT2D eigenvalue weighted by Gasteiger charge is 2.27. The molecule has 9 nitrogen and oxygen atoms in total. The van der Waals surface area contributed by atoms with E-state index in [4.69, 9.17) is 23.2 Å². The number of hydrazone groups is 1. The predicted octanol–water partition coefficient (Wildman–Crippen LogP) is 4.55. The summed E-state index contributed by atoms with van der Waals surface area (Å²) >= 11 is 11.9. The number of sulfonamides is 1. The molecule has 3 rings (SSSR count). The summed E-state index contributed by atoms with van der Waals surface area (Å²) in [5.41, 5.74) is 3.86. The number of hydrogen-bond acceptors (Lipinski definition) is 6. The number of non-ortho nitro benzene ring substituents is 1. The molecule has 0 aliphatic heterocycles. The van der Waals surface area contributed by atoms with Crippen LogP contribution in [0.15, 0.2) is 76.7 Å². The zero-order chi connectivity index (χ0) is 25.6. The van der Waals surface area contributed by atoms with Crippen molar-refractivity contribution in [3.63, 3.8) is 0 Å². The van der Waals surface area contributed by atoms with Gasteiger partial charge in [0.15, 0.2) is 0 Å². The van der Waals surface area contributed by atoms with Crippen molar-refractivity contribution in [3.05, 3.63) is 104 Å². The third-order valence-electron chi connectivity index (χ3n) is 4.96. The van der Waals surface area contributed by atoms with E-state index in [1.807, 2.05) is 19.1 Å². The molecule has 0 fully saturated rings. The number of rotatable bonds is 9. The second-order valence-electron chi connectivity index (χ2n) is 7.41. The maximum atomic E-state index is 13.3. The molecule has 0 aromatic heterocycles. The number of hydrogen-bond donors (Lipinski definition) is 1. The Morgan fingerprint density at radius 3 is 2.46 bits per heavy atom. The maximum absolute atomic E-state index is 13.3. The van der Waals surface area contributed by atoms with Crippen LogP contribution >= 0.6 is 23.2 Å². The molecular weight excluding hydrogens is 515 g/mol. The molecule has 1 N–H and O–H groups in total. The molecule has 0 heterocycles. The summed E-state index contributed by atoms with van der Waals surface area (Å²) in [6, 6.07) is 16.6. The Balaban J connectivity index is 1.82. The van der Waals surface area contributed by atoms with E-state index in [2.05, 4.69) is 10.5 Å². The van der Waals surface area contributed by atoms with Crippen molar-refractivity contribution in [3.8, 4) is 0 Å². The van der Waals surface area contributed by atoms with Crippen molar-refractivity contribution in [2.75, 3.05) is 6.54 Å². The topological polar surface area (TPSA) is 122 Å². The second kappa shape index (κ2) is 11.4. The normalized spacial score (nSPS) is 11.7. The van der Waals surface area contributed by atoms with Gasteiger partial charge in [0, 0.05) is 34.3 Å². The number of nitrogens with one attached hydrogen (secondary N) is 1. The summed E-state index contributed by atoms with van der Waals surface area (Å²) in [7, 11) is -4.06. The van der Waals surface area contributed by atoms with Crippen LogP contribution in [0.5, 0.6) is 0 Å². The quantitative estimate of drug-likeness (QED) is 0.245. The van der Waals surface area contributed by atoms with Crippen molar-refractivity contribution in [1.82, 2.24) is 9.73 Å². The van der Waals surface area contributed by atoms with Crippen molar-refractivity contribution < 1.29 is 18.1 Å². The van der Waals surface area contributed by atoms with Crippen molar-refractivity contribution in [2.24, 2.45) is 5.10 Å². The standard InChI is InChI=1S/C23H20Cl2N4O5S/c1-16-4-2-3-5-17(16)14-28(35(33,34)21-9-6-19(24)7-10-21)15-23(30)27-26-13-18-12-20(29(31)32)8-11-22(18)25/h2-13H,14-15H2,1H3,(H,27,30)/b26-13-. The van der Waals surface area contributed by atoms with Gasteiger partial charge in [-0.05, 0) is 48.4 Å². The second-order valence-corrected chi connectivity index (χ2v) is 10.2. The van der Waals surface area contributed by atoms with Crippen LogP contribution < -0.4 is 5.43 Å². The van der Waals surface area contributed by atoms with Gasteiger partial charge < -0.3 is 0 Å². The lowest BCUT2D eigenvalue weighted by Crippen LogP contribution is -2.39. The summed E-state index contributed by atoms with van der Waals surface area (Å²) in [4.78, 5) is 23.0. The molecule has 0 saturated heterocycles. The lowest BCUT2D eigenvalue weighted by Gasteiger charge is -2.22. The molecule has 1 amide bonds. The molecule has 35 heavy (non-hydrogen) atoms. The highest BCUT2D eigenvalue weighted by Crippen LogP contribution is 2.22. The van der Waals surface area contributed by atoms with E-state index in [0.717, 1.165) is 21.6 Å². The Kier molecular flexibility index (Phi) is 8.57. The predicted molar refractivity (Wildman–Crippen MR) is 134 cm³/mol. The third-order valence-corrected chi connectivity index (χ3v) is 7.36. The van der Waals surface area contributed by atoms with Gasteiger partial charge in [-0.2, -0.15) is 9.41 Å². The molecule has 3 aromatic rings. The molecular formula is C23H20Cl2N4O5S. The van der Waals surface area contributed by atoms with Crippen LogP contribution in [0.2, 0.25) is 10.0 Å². The average Bonchev–Trinajstić information content (AvgIpc) is 2.81. The summed E-state index contributed by atoms with van der Waals surface area (Å²) in [5.74, 6) is -0.714. The fourth-order valence-corrected chi connectivity index (χ4v) is 4.74. The highest BCUT2D eigenvalue weighted by atomic mass is 35.5. The van der Waals surface area contributed by atoms with Gasteiger partial charge in [-0.1, -0.05) is 47.5 Å². The van der Waals surface area contributed by atoms with Gasteiger partial charge in [-0.15, -0.1) is 0 Å². The molecule has 182 valence electrons. The maximum Gasteiger partial charge on any atom is 0.270 e. The Bertz CT molecular complexity index is 1380. The number of benzene rings is 3. The number of carbonyl (C=O) groups is 1. The summed E-state index contributed by atoms with van der Waals surface area (Å²) in [6.45, 7) is 1.26. The zero-order valence-corrected chi connectivity index (χ0v) is 20.7. The number of nitro benzene ring substituents is 1. The first kappa shape index (κ1) is 26.3. The Morgan fingerprint density at radius 2 is 1.80 bits per heavy atom. The molecule has 0 atom stereocenters. The summed E-state index contributed by atoms with van der Waals surface area (Å²) in [6.07, 6.45) is 1.15. The number of nitrogens with zero attached hydrogens (tertiary/aromatic N) is 3. The largest absolute Gasteiger partial charge is 0.272 e. The number of carbonyl (C=O) groups excluding carboxylic acids is 1. The molecule has 12 heteroatoms. The first-order chi connectivity index (χ1) is 16.6. The fraction of sp³-hybridized carbons (Fsp3) is 0.130. The minimum absolute atomic E-state index is 0.0184. The van der Waals surface area contributed by atoms with E-state index in [1.165, 1.54) is 42.5 Å². The minimum Gasteiger partial charge on any atom is -0.272 e. The van der Waals surface area contributed by atoms with Crippen LogP contribution in [0.3, 0.4) is 0 Å². The van der Waals surface area contributed by atoms with Gasteiger partial charge in [-0.25, -0.2) is 13.8 Å². The van der Waals surface area contributed by atoms with Gasteiger partial charge in [0.2, 0.25) is 10.0 Å². The Hall–Kier alpha value is -3.31. The van der Waals surface area contributed by atoms with Crippen molar-refractivity contribution in [1.29, 1.82) is 0 Å². The third kappa shape index (κ3) is 6.86. The lowest BCUT2D eigenvalue weighted by atomic mass is 10.1. The molecule has 0 radical (unpaired) electrons. The number of halogens is 2. The van der Waals surface area contributed by atoms with Gasteiger partial charge in [0.1, 0.15) is 0 Å². The average molecular weight is 535 g/mol. The molecule has 0 aliphatic carbocycles. The lowest BCUT2D eigenvalue weighted by molar-refractivity contribution is -0.384. The summed E-state index contributed by atoms with van der Waals surface area (Å²) < 4.78 is 27.7. The van der Waals surface area contributed by atoms with Crippen molar-refractivity contribution >= 4 is 51.0 Å². The van der Waals surface area contributed by atoms with E-state index in [0.29, 0.717) is 5.02 Å². The fourth-order valence-electron chi connectivity index (χ4n) is 3.07. The number of nitro groups is 1. The van der Waals surface area contributed by atoms with Gasteiger partial charge in [-0.3, -0.25) is 14.9 Å². The van der Waals surface area contributed by atoms with Crippen LogP contribution in [0.25, 0.3) is 0 Å². The molecule has 3 aromatic carbocycles. The van der Waals surface area contributed by atoms with Gasteiger partial charge in [0.05, 0.1) is 22.6 Å². The van der Waals surface area contributed by atoms with Crippen LogP contribution in [0, 0.1) is 17.0 Å². The Labute approximate surface area is 212 Å². The smallest absolute Gasteiger partial charge is 0.270 e. The zero-order valence-electron chi connectivity index (χ0n) is 18.4.